The van der Waals surface area contributed by atoms with Gasteiger partial charge in [-0.15, -0.1) is 10.2 Å². The van der Waals surface area contributed by atoms with Crippen LogP contribution in [0.25, 0.3) is 11.4 Å². The third kappa shape index (κ3) is 3.47. The normalized spacial score (nSPS) is 14.9. The SMILES string of the molecule is Cc1ccc(-c2nnc(SCC(=O)N3c4ccccc4NC(=O)C3(C)C)n2C)cc1. The molecule has 1 aliphatic rings. The van der Waals surface area contributed by atoms with Gasteiger partial charge in [-0.2, -0.15) is 0 Å². The summed E-state index contributed by atoms with van der Waals surface area (Å²) in [6.45, 7) is 5.53. The van der Waals surface area contributed by atoms with E-state index in [2.05, 4.69) is 15.5 Å². The van der Waals surface area contributed by atoms with Crippen molar-refractivity contribution in [2.24, 2.45) is 7.05 Å². The molecule has 0 saturated carbocycles. The molecule has 7 nitrogen and oxygen atoms in total. The Bertz CT molecular complexity index is 1120. The molecule has 0 aliphatic carbocycles. The summed E-state index contributed by atoms with van der Waals surface area (Å²) in [5.41, 5.74) is 2.50. The molecule has 30 heavy (non-hydrogen) atoms. The molecule has 4 rings (SSSR count). The van der Waals surface area contributed by atoms with Crippen molar-refractivity contribution >= 4 is 35.0 Å². The van der Waals surface area contributed by atoms with E-state index in [0.29, 0.717) is 16.5 Å². The topological polar surface area (TPSA) is 80.1 Å². The van der Waals surface area contributed by atoms with Crippen molar-refractivity contribution in [2.45, 2.75) is 31.5 Å². The lowest BCUT2D eigenvalue weighted by atomic mass is 9.96. The van der Waals surface area contributed by atoms with Gasteiger partial charge in [-0.05, 0) is 32.9 Å². The van der Waals surface area contributed by atoms with Gasteiger partial charge in [-0.3, -0.25) is 14.5 Å². The molecule has 3 aromatic rings. The van der Waals surface area contributed by atoms with Crippen molar-refractivity contribution in [3.8, 4) is 11.4 Å². The minimum atomic E-state index is -0.987. The zero-order valence-electron chi connectivity index (χ0n) is 17.3. The van der Waals surface area contributed by atoms with E-state index in [1.54, 1.807) is 24.8 Å². The Hall–Kier alpha value is -3.13. The number of nitrogens with one attached hydrogen (secondary N) is 1. The number of fused-ring (bicyclic) bond motifs is 1. The van der Waals surface area contributed by atoms with E-state index >= 15 is 0 Å². The molecule has 0 unspecified atom stereocenters. The van der Waals surface area contributed by atoms with E-state index in [9.17, 15) is 9.59 Å². The van der Waals surface area contributed by atoms with Crippen LogP contribution >= 0.6 is 11.8 Å². The molecule has 154 valence electrons. The van der Waals surface area contributed by atoms with E-state index in [4.69, 9.17) is 0 Å². The van der Waals surface area contributed by atoms with Crippen molar-refractivity contribution in [1.82, 2.24) is 14.8 Å². The third-order valence-electron chi connectivity index (χ3n) is 5.23. The Labute approximate surface area is 179 Å². The summed E-state index contributed by atoms with van der Waals surface area (Å²) in [5, 5.41) is 12.1. The van der Waals surface area contributed by atoms with E-state index in [0.717, 1.165) is 11.4 Å². The maximum absolute atomic E-state index is 13.2. The first-order valence-corrected chi connectivity index (χ1v) is 10.6. The predicted octanol–water partition coefficient (Wildman–Crippen LogP) is 3.65. The van der Waals surface area contributed by atoms with Gasteiger partial charge >= 0.3 is 0 Å². The summed E-state index contributed by atoms with van der Waals surface area (Å²) in [6.07, 6.45) is 0. The van der Waals surface area contributed by atoms with Crippen LogP contribution in [0.4, 0.5) is 11.4 Å². The molecule has 2 aromatic carbocycles. The summed E-state index contributed by atoms with van der Waals surface area (Å²) in [4.78, 5) is 27.3. The Morgan fingerprint density at radius 1 is 1.10 bits per heavy atom. The van der Waals surface area contributed by atoms with Gasteiger partial charge in [0.25, 0.3) is 0 Å². The highest BCUT2D eigenvalue weighted by molar-refractivity contribution is 7.99. The van der Waals surface area contributed by atoms with Crippen molar-refractivity contribution < 1.29 is 9.59 Å². The number of anilines is 2. The van der Waals surface area contributed by atoms with Crippen LogP contribution in [0.3, 0.4) is 0 Å². The van der Waals surface area contributed by atoms with Crippen LogP contribution in [0, 0.1) is 6.92 Å². The number of carbonyl (C=O) groups excluding carboxylic acids is 2. The van der Waals surface area contributed by atoms with Gasteiger partial charge in [0.2, 0.25) is 11.8 Å². The molecule has 1 N–H and O–H groups in total. The van der Waals surface area contributed by atoms with Crippen LogP contribution in [0.15, 0.2) is 53.7 Å². The standard InChI is InChI=1S/C22H23N5O2S/c1-14-9-11-15(12-10-14)19-24-25-21(26(19)4)30-13-18(28)27-17-8-6-5-7-16(17)23-20(29)22(27,2)3/h5-12H,13H2,1-4H3,(H,23,29). The zero-order valence-corrected chi connectivity index (χ0v) is 18.2. The quantitative estimate of drug-likeness (QED) is 0.651. The van der Waals surface area contributed by atoms with Crippen LogP contribution in [-0.4, -0.2) is 37.9 Å². The van der Waals surface area contributed by atoms with Crippen molar-refractivity contribution in [3.05, 3.63) is 54.1 Å². The molecule has 0 spiro atoms. The van der Waals surface area contributed by atoms with Crippen molar-refractivity contribution in [3.63, 3.8) is 0 Å². The average Bonchev–Trinajstić information content (AvgIpc) is 3.08. The molecule has 1 aromatic heterocycles. The molecular formula is C22H23N5O2S. The Kier molecular flexibility index (Phi) is 5.11. The van der Waals surface area contributed by atoms with E-state index in [-0.39, 0.29) is 17.6 Å². The lowest BCUT2D eigenvalue weighted by Gasteiger charge is -2.42. The predicted molar refractivity (Wildman–Crippen MR) is 119 cm³/mol. The Morgan fingerprint density at radius 3 is 2.53 bits per heavy atom. The molecule has 0 bridgehead atoms. The molecular weight excluding hydrogens is 398 g/mol. The molecule has 0 saturated heterocycles. The maximum Gasteiger partial charge on any atom is 0.250 e. The number of hydrogen-bond donors (Lipinski definition) is 1. The molecule has 0 atom stereocenters. The van der Waals surface area contributed by atoms with Crippen molar-refractivity contribution in [1.29, 1.82) is 0 Å². The lowest BCUT2D eigenvalue weighted by Crippen LogP contribution is -2.59. The summed E-state index contributed by atoms with van der Waals surface area (Å²) in [5.74, 6) is 0.519. The van der Waals surface area contributed by atoms with Gasteiger partial charge in [-0.25, -0.2) is 0 Å². The van der Waals surface area contributed by atoms with Crippen LogP contribution in [0.1, 0.15) is 19.4 Å². The van der Waals surface area contributed by atoms with Gasteiger partial charge in [0.15, 0.2) is 11.0 Å². The smallest absolute Gasteiger partial charge is 0.250 e. The summed E-state index contributed by atoms with van der Waals surface area (Å²) < 4.78 is 1.88. The fraction of sp³-hybridized carbons (Fsp3) is 0.273. The Morgan fingerprint density at radius 2 is 1.80 bits per heavy atom. The second kappa shape index (κ2) is 7.60. The highest BCUT2D eigenvalue weighted by Crippen LogP contribution is 2.37. The highest BCUT2D eigenvalue weighted by Gasteiger charge is 2.43. The van der Waals surface area contributed by atoms with Gasteiger partial charge < -0.3 is 9.88 Å². The first-order chi connectivity index (χ1) is 14.3. The average molecular weight is 422 g/mol. The highest BCUT2D eigenvalue weighted by atomic mass is 32.2. The number of aryl methyl sites for hydroxylation is 1. The minimum absolute atomic E-state index is 0.144. The summed E-state index contributed by atoms with van der Waals surface area (Å²) in [7, 11) is 1.88. The summed E-state index contributed by atoms with van der Waals surface area (Å²) >= 11 is 1.31. The minimum Gasteiger partial charge on any atom is -0.322 e. The number of aromatic nitrogens is 3. The van der Waals surface area contributed by atoms with Gasteiger partial charge in [0, 0.05) is 12.6 Å². The van der Waals surface area contributed by atoms with Crippen molar-refractivity contribution in [2.75, 3.05) is 16.0 Å². The number of rotatable bonds is 4. The summed E-state index contributed by atoms with van der Waals surface area (Å²) in [6, 6.07) is 15.4. The van der Waals surface area contributed by atoms with Gasteiger partial charge in [-0.1, -0.05) is 53.7 Å². The second-order valence-electron chi connectivity index (χ2n) is 7.78. The fourth-order valence-corrected chi connectivity index (χ4v) is 4.24. The fourth-order valence-electron chi connectivity index (χ4n) is 3.48. The number of benzene rings is 2. The molecule has 0 fully saturated rings. The molecule has 0 radical (unpaired) electrons. The van der Waals surface area contributed by atoms with Gasteiger partial charge in [0.05, 0.1) is 17.1 Å². The first kappa shape index (κ1) is 20.2. The largest absolute Gasteiger partial charge is 0.322 e. The first-order valence-electron chi connectivity index (χ1n) is 9.62. The maximum atomic E-state index is 13.2. The monoisotopic (exact) mass is 421 g/mol. The van der Waals surface area contributed by atoms with E-state index in [1.807, 2.05) is 61.0 Å². The zero-order chi connectivity index (χ0) is 21.5. The van der Waals surface area contributed by atoms with Gasteiger partial charge in [0.1, 0.15) is 5.54 Å². The molecule has 2 heterocycles. The number of para-hydroxylation sites is 2. The number of carbonyl (C=O) groups is 2. The third-order valence-corrected chi connectivity index (χ3v) is 6.23. The second-order valence-corrected chi connectivity index (χ2v) is 8.72. The Balaban J connectivity index is 1.55. The number of amides is 2. The van der Waals surface area contributed by atoms with E-state index in [1.165, 1.54) is 17.3 Å². The number of hydrogen-bond acceptors (Lipinski definition) is 5. The molecule has 1 aliphatic heterocycles. The number of nitrogens with zero attached hydrogens (tertiary/aromatic N) is 4. The van der Waals surface area contributed by atoms with Crippen LogP contribution < -0.4 is 10.2 Å². The van der Waals surface area contributed by atoms with Crippen LogP contribution in [0.5, 0.6) is 0 Å². The molecule has 8 heteroatoms. The molecule has 2 amide bonds. The lowest BCUT2D eigenvalue weighted by molar-refractivity contribution is -0.125. The van der Waals surface area contributed by atoms with Crippen LogP contribution in [-0.2, 0) is 16.6 Å². The van der Waals surface area contributed by atoms with Crippen LogP contribution in [0.2, 0.25) is 0 Å². The van der Waals surface area contributed by atoms with E-state index < -0.39 is 5.54 Å². The number of thioether (sulfide) groups is 1.